The predicted octanol–water partition coefficient (Wildman–Crippen LogP) is 3.52. The van der Waals surface area contributed by atoms with Crippen LogP contribution in [0.2, 0.25) is 0 Å². The average molecular weight is 293 g/mol. The zero-order chi connectivity index (χ0) is 14.5. The highest BCUT2D eigenvalue weighted by Crippen LogP contribution is 2.29. The van der Waals surface area contributed by atoms with Crippen LogP contribution >= 0.6 is 11.8 Å². The minimum atomic E-state index is -0.192. The third-order valence-electron chi connectivity index (χ3n) is 2.87. The van der Waals surface area contributed by atoms with Crippen molar-refractivity contribution in [1.29, 1.82) is 0 Å². The minimum absolute atomic E-state index is 0.192. The van der Waals surface area contributed by atoms with Crippen molar-refractivity contribution in [3.8, 4) is 0 Å². The van der Waals surface area contributed by atoms with Gasteiger partial charge in [-0.2, -0.15) is 5.10 Å². The van der Waals surface area contributed by atoms with Gasteiger partial charge in [-0.15, -0.1) is 0 Å². The third kappa shape index (κ3) is 4.08. The Morgan fingerprint density at radius 1 is 1.30 bits per heavy atom. The molecule has 0 aliphatic carbocycles. The minimum Gasteiger partial charge on any atom is -0.313 e. The molecule has 0 radical (unpaired) electrons. The number of aromatic nitrogens is 2. The molecule has 0 unspecified atom stereocenters. The van der Waals surface area contributed by atoms with Crippen molar-refractivity contribution in [3.05, 3.63) is 41.3 Å². The Labute approximate surface area is 123 Å². The molecule has 0 bridgehead atoms. The van der Waals surface area contributed by atoms with Crippen LogP contribution in [0.5, 0.6) is 0 Å². The predicted molar refractivity (Wildman–Crippen MR) is 80.5 cm³/mol. The summed E-state index contributed by atoms with van der Waals surface area (Å²) >= 11 is 1.54. The van der Waals surface area contributed by atoms with Gasteiger partial charge in [0, 0.05) is 18.5 Å². The van der Waals surface area contributed by atoms with Crippen LogP contribution in [0.25, 0.3) is 0 Å². The first kappa shape index (κ1) is 15.1. The maximum absolute atomic E-state index is 13.7. The maximum atomic E-state index is 13.7. The molecule has 108 valence electrons. The molecule has 1 aromatic heterocycles. The van der Waals surface area contributed by atoms with Gasteiger partial charge in [-0.3, -0.25) is 4.68 Å². The van der Waals surface area contributed by atoms with Gasteiger partial charge in [0.25, 0.3) is 0 Å². The molecule has 20 heavy (non-hydrogen) atoms. The largest absolute Gasteiger partial charge is 0.313 e. The average Bonchev–Trinajstić information content (AvgIpc) is 2.67. The van der Waals surface area contributed by atoms with E-state index in [-0.39, 0.29) is 5.82 Å². The lowest BCUT2D eigenvalue weighted by atomic mass is 10.2. The number of hydrogen-bond donors (Lipinski definition) is 1. The third-order valence-corrected chi connectivity index (χ3v) is 3.93. The van der Waals surface area contributed by atoms with Crippen LogP contribution in [0.1, 0.15) is 24.6 Å². The summed E-state index contributed by atoms with van der Waals surface area (Å²) in [7, 11) is 1.90. The zero-order valence-electron chi connectivity index (χ0n) is 12.1. The molecule has 0 aliphatic heterocycles. The van der Waals surface area contributed by atoms with Gasteiger partial charge in [0.05, 0.1) is 10.7 Å². The molecule has 2 aromatic rings. The lowest BCUT2D eigenvalue weighted by Gasteiger charge is -2.07. The van der Waals surface area contributed by atoms with Crippen LogP contribution < -0.4 is 5.32 Å². The number of benzene rings is 1. The summed E-state index contributed by atoms with van der Waals surface area (Å²) in [5.74, 6) is -0.192. The second kappa shape index (κ2) is 6.90. The lowest BCUT2D eigenvalue weighted by molar-refractivity contribution is 0.615. The van der Waals surface area contributed by atoms with E-state index in [0.29, 0.717) is 6.54 Å². The van der Waals surface area contributed by atoms with Crippen LogP contribution in [-0.2, 0) is 13.6 Å². The highest BCUT2D eigenvalue weighted by Gasteiger charge is 2.07. The Morgan fingerprint density at radius 2 is 2.10 bits per heavy atom. The molecule has 0 amide bonds. The van der Waals surface area contributed by atoms with Crippen LogP contribution in [-0.4, -0.2) is 16.3 Å². The maximum Gasteiger partial charge on any atom is 0.124 e. The van der Waals surface area contributed by atoms with Gasteiger partial charge >= 0.3 is 0 Å². The van der Waals surface area contributed by atoms with E-state index in [1.54, 1.807) is 12.1 Å². The van der Waals surface area contributed by atoms with Crippen LogP contribution in [0.3, 0.4) is 0 Å². The van der Waals surface area contributed by atoms with E-state index in [4.69, 9.17) is 0 Å². The van der Waals surface area contributed by atoms with Gasteiger partial charge in [0.1, 0.15) is 5.82 Å². The second-order valence-electron chi connectivity index (χ2n) is 4.82. The Hall–Kier alpha value is -1.33. The molecule has 0 saturated carbocycles. The Morgan fingerprint density at radius 3 is 2.75 bits per heavy atom. The van der Waals surface area contributed by atoms with E-state index in [9.17, 15) is 4.39 Å². The monoisotopic (exact) mass is 293 g/mol. The standard InChI is InChI=1S/C15H20FN3S/c1-4-5-17-10-12-7-13(16)9-14(8-12)20-15-6-11(2)18-19(15)3/h6-9,17H,4-5,10H2,1-3H3. The fourth-order valence-electron chi connectivity index (χ4n) is 1.99. The van der Waals surface area contributed by atoms with Crippen LogP contribution in [0, 0.1) is 12.7 Å². The fourth-order valence-corrected chi connectivity index (χ4v) is 3.02. The SMILES string of the molecule is CCCNCc1cc(F)cc(Sc2cc(C)nn2C)c1. The van der Waals surface area contributed by atoms with Crippen LogP contribution in [0.4, 0.5) is 4.39 Å². The molecule has 1 N–H and O–H groups in total. The molecular weight excluding hydrogens is 273 g/mol. The fraction of sp³-hybridized carbons (Fsp3) is 0.400. The quantitative estimate of drug-likeness (QED) is 0.827. The molecule has 5 heteroatoms. The van der Waals surface area contributed by atoms with Crippen molar-refractivity contribution in [2.24, 2.45) is 7.05 Å². The number of rotatable bonds is 6. The summed E-state index contributed by atoms with van der Waals surface area (Å²) in [4.78, 5) is 0.904. The van der Waals surface area contributed by atoms with E-state index in [1.165, 1.54) is 11.8 Å². The lowest BCUT2D eigenvalue weighted by Crippen LogP contribution is -2.13. The molecule has 3 nitrogen and oxygen atoms in total. The molecule has 1 heterocycles. The van der Waals surface area contributed by atoms with Crippen molar-refractivity contribution in [3.63, 3.8) is 0 Å². The van der Waals surface area contributed by atoms with E-state index in [2.05, 4.69) is 17.3 Å². The van der Waals surface area contributed by atoms with Crippen molar-refractivity contribution < 1.29 is 4.39 Å². The molecule has 0 fully saturated rings. The number of halogens is 1. The molecule has 0 spiro atoms. The van der Waals surface area contributed by atoms with Crippen LogP contribution in [0.15, 0.2) is 34.2 Å². The summed E-state index contributed by atoms with van der Waals surface area (Å²) < 4.78 is 15.5. The van der Waals surface area contributed by atoms with Gasteiger partial charge in [-0.25, -0.2) is 4.39 Å². The van der Waals surface area contributed by atoms with Crippen molar-refractivity contribution in [2.75, 3.05) is 6.54 Å². The van der Waals surface area contributed by atoms with Gasteiger partial charge in [0.2, 0.25) is 0 Å². The Kier molecular flexibility index (Phi) is 5.20. The highest BCUT2D eigenvalue weighted by atomic mass is 32.2. The first-order valence-electron chi connectivity index (χ1n) is 6.77. The van der Waals surface area contributed by atoms with Crippen molar-refractivity contribution in [1.82, 2.24) is 15.1 Å². The summed E-state index contributed by atoms with van der Waals surface area (Å²) in [6.07, 6.45) is 1.07. The van der Waals surface area contributed by atoms with E-state index in [0.717, 1.165) is 34.1 Å². The molecule has 2 rings (SSSR count). The summed E-state index contributed by atoms with van der Waals surface area (Å²) in [5, 5.41) is 8.61. The zero-order valence-corrected chi connectivity index (χ0v) is 12.9. The highest BCUT2D eigenvalue weighted by molar-refractivity contribution is 7.99. The van der Waals surface area contributed by atoms with E-state index < -0.39 is 0 Å². The van der Waals surface area contributed by atoms with Crippen molar-refractivity contribution in [2.45, 2.75) is 36.7 Å². The summed E-state index contributed by atoms with van der Waals surface area (Å²) in [5.41, 5.74) is 1.94. The van der Waals surface area contributed by atoms with Gasteiger partial charge in [-0.1, -0.05) is 18.7 Å². The topological polar surface area (TPSA) is 29.9 Å². The van der Waals surface area contributed by atoms with Crippen molar-refractivity contribution >= 4 is 11.8 Å². The number of hydrogen-bond acceptors (Lipinski definition) is 3. The number of nitrogens with one attached hydrogen (secondary N) is 1. The normalized spacial score (nSPS) is 11.0. The smallest absolute Gasteiger partial charge is 0.124 e. The van der Waals surface area contributed by atoms with E-state index >= 15 is 0 Å². The molecule has 1 aromatic carbocycles. The molecule has 0 saturated heterocycles. The Balaban J connectivity index is 2.13. The molecular formula is C15H20FN3S. The van der Waals surface area contributed by atoms with Gasteiger partial charge in [0.15, 0.2) is 0 Å². The Bertz CT molecular complexity index is 580. The number of aryl methyl sites for hydroxylation is 2. The first-order valence-corrected chi connectivity index (χ1v) is 7.59. The number of nitrogens with zero attached hydrogens (tertiary/aromatic N) is 2. The molecule has 0 atom stereocenters. The summed E-state index contributed by atoms with van der Waals surface area (Å²) in [6.45, 7) is 5.71. The first-order chi connectivity index (χ1) is 9.58. The van der Waals surface area contributed by atoms with Gasteiger partial charge in [-0.05, 0) is 49.7 Å². The van der Waals surface area contributed by atoms with Gasteiger partial charge < -0.3 is 5.32 Å². The molecule has 0 aliphatic rings. The second-order valence-corrected chi connectivity index (χ2v) is 5.92. The summed E-state index contributed by atoms with van der Waals surface area (Å²) in [6, 6.07) is 7.18. The van der Waals surface area contributed by atoms with E-state index in [1.807, 2.05) is 30.8 Å².